The average Bonchev–Trinajstić information content (AvgIpc) is 2.46. The summed E-state index contributed by atoms with van der Waals surface area (Å²) in [6.07, 6.45) is 0. The molecule has 0 radical (unpaired) electrons. The van der Waals surface area contributed by atoms with Crippen molar-refractivity contribution in [2.24, 2.45) is 0 Å². The molecule has 2 atom stereocenters. The Balaban J connectivity index is 2.38. The summed E-state index contributed by atoms with van der Waals surface area (Å²) in [6.45, 7) is 0. The number of rotatable bonds is 5. The molecule has 0 bridgehead atoms. The van der Waals surface area contributed by atoms with Crippen molar-refractivity contribution in [1.82, 2.24) is 10.2 Å². The first-order valence-electron chi connectivity index (χ1n) is 6.67. The molecule has 0 saturated heterocycles. The lowest BCUT2D eigenvalue weighted by molar-refractivity contribution is 0.239. The molecule has 19 heavy (non-hydrogen) atoms. The molecule has 0 aliphatic carbocycles. The summed E-state index contributed by atoms with van der Waals surface area (Å²) < 4.78 is 0. The molecule has 0 fully saturated rings. The summed E-state index contributed by atoms with van der Waals surface area (Å²) in [5.41, 5.74) is 2.64. The van der Waals surface area contributed by atoms with Crippen molar-refractivity contribution < 1.29 is 0 Å². The topological polar surface area (TPSA) is 15.3 Å². The summed E-state index contributed by atoms with van der Waals surface area (Å²) >= 11 is 0. The minimum Gasteiger partial charge on any atom is -0.311 e. The Kier molecular flexibility index (Phi) is 4.72. The molecular formula is C17H22N2. The van der Waals surface area contributed by atoms with E-state index < -0.39 is 0 Å². The van der Waals surface area contributed by atoms with Gasteiger partial charge in [0.15, 0.2) is 0 Å². The fraction of sp³-hybridized carbons (Fsp3) is 0.294. The second kappa shape index (κ2) is 6.50. The van der Waals surface area contributed by atoms with Crippen molar-refractivity contribution in [3.8, 4) is 0 Å². The van der Waals surface area contributed by atoms with E-state index in [1.807, 2.05) is 7.05 Å². The van der Waals surface area contributed by atoms with E-state index in [-0.39, 0.29) is 6.04 Å². The van der Waals surface area contributed by atoms with Gasteiger partial charge in [0.2, 0.25) is 0 Å². The molecule has 0 saturated carbocycles. The summed E-state index contributed by atoms with van der Waals surface area (Å²) in [6, 6.07) is 21.8. The fourth-order valence-electron chi connectivity index (χ4n) is 2.61. The third-order valence-electron chi connectivity index (χ3n) is 3.48. The molecule has 2 unspecified atom stereocenters. The zero-order chi connectivity index (χ0) is 13.7. The molecular weight excluding hydrogens is 232 g/mol. The number of likely N-dealkylation sites (N-methyl/N-ethyl adjacent to an activating group) is 2. The van der Waals surface area contributed by atoms with Gasteiger partial charge in [-0.05, 0) is 32.3 Å². The number of nitrogens with zero attached hydrogens (tertiary/aromatic N) is 1. The smallest absolute Gasteiger partial charge is 0.0538 e. The number of nitrogens with one attached hydrogen (secondary N) is 1. The zero-order valence-corrected chi connectivity index (χ0v) is 11.9. The maximum absolute atomic E-state index is 3.46. The Morgan fingerprint density at radius 2 is 1.26 bits per heavy atom. The van der Waals surface area contributed by atoms with Crippen LogP contribution in [0.15, 0.2) is 60.7 Å². The molecule has 2 rings (SSSR count). The summed E-state index contributed by atoms with van der Waals surface area (Å²) in [5.74, 6) is 0. The van der Waals surface area contributed by atoms with E-state index in [2.05, 4.69) is 85.0 Å². The molecule has 1 N–H and O–H groups in total. The molecule has 0 aliphatic heterocycles. The van der Waals surface area contributed by atoms with Crippen LogP contribution >= 0.6 is 0 Å². The SMILES string of the molecule is CNC(c1ccccc1)C(c1ccccc1)N(C)C. The molecule has 2 nitrogen and oxygen atoms in total. The summed E-state index contributed by atoms with van der Waals surface area (Å²) in [4.78, 5) is 2.27. The Morgan fingerprint density at radius 3 is 1.68 bits per heavy atom. The van der Waals surface area contributed by atoms with Gasteiger partial charge in [-0.3, -0.25) is 0 Å². The lowest BCUT2D eigenvalue weighted by Crippen LogP contribution is -2.33. The van der Waals surface area contributed by atoms with E-state index >= 15 is 0 Å². The quantitative estimate of drug-likeness (QED) is 0.881. The molecule has 2 heteroatoms. The van der Waals surface area contributed by atoms with Gasteiger partial charge in [0.05, 0.1) is 12.1 Å². The minimum absolute atomic E-state index is 0.276. The predicted molar refractivity (Wildman–Crippen MR) is 81.1 cm³/mol. The molecule has 0 aromatic heterocycles. The maximum atomic E-state index is 3.46. The van der Waals surface area contributed by atoms with Gasteiger partial charge < -0.3 is 10.2 Å². The summed E-state index contributed by atoms with van der Waals surface area (Å²) in [5, 5.41) is 3.46. The number of hydrogen-bond donors (Lipinski definition) is 1. The summed E-state index contributed by atoms with van der Waals surface area (Å²) in [7, 11) is 6.28. The lowest BCUT2D eigenvalue weighted by atomic mass is 9.92. The highest BCUT2D eigenvalue weighted by atomic mass is 15.1. The number of benzene rings is 2. The Labute approximate surface area is 116 Å². The minimum atomic E-state index is 0.276. The van der Waals surface area contributed by atoms with Gasteiger partial charge in [-0.1, -0.05) is 60.7 Å². The maximum Gasteiger partial charge on any atom is 0.0538 e. The van der Waals surface area contributed by atoms with E-state index in [1.165, 1.54) is 11.1 Å². The molecule has 2 aromatic carbocycles. The standard InChI is InChI=1S/C17H22N2/c1-18-16(14-10-6-4-7-11-14)17(19(2)3)15-12-8-5-9-13-15/h4-13,16-18H,1-3H3. The highest BCUT2D eigenvalue weighted by Gasteiger charge is 2.24. The first kappa shape index (κ1) is 13.8. The van der Waals surface area contributed by atoms with Crippen LogP contribution in [0.1, 0.15) is 23.2 Å². The predicted octanol–water partition coefficient (Wildman–Crippen LogP) is 3.25. The van der Waals surface area contributed by atoms with Gasteiger partial charge in [0.1, 0.15) is 0 Å². The van der Waals surface area contributed by atoms with Crippen LogP contribution in [0.3, 0.4) is 0 Å². The Bertz CT molecular complexity index is 479. The molecule has 2 aromatic rings. The van der Waals surface area contributed by atoms with Gasteiger partial charge >= 0.3 is 0 Å². The van der Waals surface area contributed by atoms with Gasteiger partial charge in [-0.2, -0.15) is 0 Å². The van der Waals surface area contributed by atoms with Crippen molar-refractivity contribution in [3.05, 3.63) is 71.8 Å². The molecule has 100 valence electrons. The monoisotopic (exact) mass is 254 g/mol. The van der Waals surface area contributed by atoms with Gasteiger partial charge in [0, 0.05) is 0 Å². The van der Waals surface area contributed by atoms with Crippen LogP contribution in [-0.4, -0.2) is 26.0 Å². The molecule has 0 amide bonds. The van der Waals surface area contributed by atoms with Crippen molar-refractivity contribution in [2.75, 3.05) is 21.1 Å². The molecule has 0 heterocycles. The van der Waals surface area contributed by atoms with Crippen LogP contribution in [0.5, 0.6) is 0 Å². The first-order valence-corrected chi connectivity index (χ1v) is 6.67. The van der Waals surface area contributed by atoms with Crippen molar-refractivity contribution >= 4 is 0 Å². The van der Waals surface area contributed by atoms with Gasteiger partial charge in [0.25, 0.3) is 0 Å². The highest BCUT2D eigenvalue weighted by molar-refractivity contribution is 5.27. The normalized spacial score (nSPS) is 14.3. The van der Waals surface area contributed by atoms with Crippen LogP contribution in [0.4, 0.5) is 0 Å². The van der Waals surface area contributed by atoms with E-state index in [1.54, 1.807) is 0 Å². The second-order valence-electron chi connectivity index (χ2n) is 5.00. The van der Waals surface area contributed by atoms with Crippen LogP contribution in [-0.2, 0) is 0 Å². The van der Waals surface area contributed by atoms with Gasteiger partial charge in [-0.15, -0.1) is 0 Å². The lowest BCUT2D eigenvalue weighted by Gasteiger charge is -2.33. The van der Waals surface area contributed by atoms with Crippen LogP contribution in [0, 0.1) is 0 Å². The van der Waals surface area contributed by atoms with E-state index in [9.17, 15) is 0 Å². The molecule has 0 spiro atoms. The largest absolute Gasteiger partial charge is 0.311 e. The van der Waals surface area contributed by atoms with E-state index in [0.29, 0.717) is 6.04 Å². The van der Waals surface area contributed by atoms with E-state index in [0.717, 1.165) is 0 Å². The first-order chi connectivity index (χ1) is 9.24. The van der Waals surface area contributed by atoms with Crippen molar-refractivity contribution in [3.63, 3.8) is 0 Å². The third-order valence-corrected chi connectivity index (χ3v) is 3.48. The second-order valence-corrected chi connectivity index (χ2v) is 5.00. The highest BCUT2D eigenvalue weighted by Crippen LogP contribution is 2.32. The van der Waals surface area contributed by atoms with Crippen molar-refractivity contribution in [1.29, 1.82) is 0 Å². The molecule has 0 aliphatic rings. The van der Waals surface area contributed by atoms with Crippen molar-refractivity contribution in [2.45, 2.75) is 12.1 Å². The fourth-order valence-corrected chi connectivity index (χ4v) is 2.61. The number of hydrogen-bond acceptors (Lipinski definition) is 2. The Hall–Kier alpha value is -1.64. The zero-order valence-electron chi connectivity index (χ0n) is 11.9. The Morgan fingerprint density at radius 1 is 0.789 bits per heavy atom. The average molecular weight is 254 g/mol. The third kappa shape index (κ3) is 3.22. The van der Waals surface area contributed by atoms with Gasteiger partial charge in [-0.25, -0.2) is 0 Å². The van der Waals surface area contributed by atoms with Crippen LogP contribution in [0.2, 0.25) is 0 Å². The van der Waals surface area contributed by atoms with Crippen LogP contribution in [0.25, 0.3) is 0 Å². The van der Waals surface area contributed by atoms with Crippen LogP contribution < -0.4 is 5.32 Å². The van der Waals surface area contributed by atoms with E-state index in [4.69, 9.17) is 0 Å².